The number of carboxylic acids is 1. The number of hydrogen-bond acceptors (Lipinski definition) is 3. The second-order valence-corrected chi connectivity index (χ2v) is 3.50. The molecule has 0 aliphatic carbocycles. The Balaban J connectivity index is 3.60. The number of aliphatic carboxylic acids is 1. The van der Waals surface area contributed by atoms with Gasteiger partial charge in [-0.15, -0.1) is 0 Å². The smallest absolute Gasteiger partial charge is 0.305 e. The summed E-state index contributed by atoms with van der Waals surface area (Å²) in [5.74, 6) is -1.04. The molecule has 0 fully saturated rings. The minimum absolute atomic E-state index is 0.0306. The molecule has 0 aromatic heterocycles. The van der Waals surface area contributed by atoms with Crippen molar-refractivity contribution >= 4 is 11.9 Å². The van der Waals surface area contributed by atoms with Gasteiger partial charge in [0, 0.05) is 12.6 Å². The summed E-state index contributed by atoms with van der Waals surface area (Å²) in [4.78, 5) is 23.2. The fraction of sp³-hybridized carbons (Fsp3) is 0.778. The maximum absolute atomic E-state index is 11.2. The molecule has 0 saturated carbocycles. The Morgan fingerprint density at radius 2 is 2.00 bits per heavy atom. The van der Waals surface area contributed by atoms with Crippen molar-refractivity contribution in [2.24, 2.45) is 0 Å². The number of nitrogens with zero attached hydrogens (tertiary/aromatic N) is 1. The van der Waals surface area contributed by atoms with Crippen molar-refractivity contribution in [3.05, 3.63) is 0 Å². The van der Waals surface area contributed by atoms with Crippen molar-refractivity contribution in [3.63, 3.8) is 0 Å². The van der Waals surface area contributed by atoms with Gasteiger partial charge in [0.05, 0.1) is 13.0 Å². The highest BCUT2D eigenvalue weighted by Gasteiger charge is 2.08. The van der Waals surface area contributed by atoms with E-state index in [9.17, 15) is 9.59 Å². The molecule has 0 saturated heterocycles. The molecule has 0 heterocycles. The van der Waals surface area contributed by atoms with Gasteiger partial charge in [0.25, 0.3) is 0 Å². The van der Waals surface area contributed by atoms with E-state index in [1.807, 2.05) is 25.8 Å². The first-order valence-electron chi connectivity index (χ1n) is 4.62. The van der Waals surface area contributed by atoms with Crippen LogP contribution >= 0.6 is 0 Å². The molecule has 0 atom stereocenters. The Labute approximate surface area is 84.1 Å². The zero-order valence-electron chi connectivity index (χ0n) is 8.91. The van der Waals surface area contributed by atoms with Crippen molar-refractivity contribution < 1.29 is 14.7 Å². The van der Waals surface area contributed by atoms with E-state index in [1.54, 1.807) is 0 Å². The van der Waals surface area contributed by atoms with Crippen LogP contribution in [0, 0.1) is 0 Å². The maximum atomic E-state index is 11.2. The average Bonchev–Trinajstić information content (AvgIpc) is 2.02. The molecule has 0 aliphatic heterocycles. The normalized spacial score (nSPS) is 10.6. The van der Waals surface area contributed by atoms with Gasteiger partial charge in [-0.25, -0.2) is 0 Å². The summed E-state index contributed by atoms with van der Waals surface area (Å²) < 4.78 is 0. The summed E-state index contributed by atoms with van der Waals surface area (Å²) >= 11 is 0. The van der Waals surface area contributed by atoms with Crippen molar-refractivity contribution in [1.29, 1.82) is 0 Å². The zero-order valence-corrected chi connectivity index (χ0v) is 8.91. The summed E-state index contributed by atoms with van der Waals surface area (Å²) in [6.07, 6.45) is -0.0306. The van der Waals surface area contributed by atoms with E-state index in [-0.39, 0.29) is 18.9 Å². The molecule has 0 aliphatic rings. The van der Waals surface area contributed by atoms with E-state index in [1.165, 1.54) is 0 Å². The van der Waals surface area contributed by atoms with Gasteiger partial charge >= 0.3 is 5.97 Å². The lowest BCUT2D eigenvalue weighted by molar-refractivity contribution is -0.136. The molecule has 14 heavy (non-hydrogen) atoms. The zero-order chi connectivity index (χ0) is 11.1. The van der Waals surface area contributed by atoms with Gasteiger partial charge in [-0.2, -0.15) is 0 Å². The molecule has 0 rings (SSSR count). The van der Waals surface area contributed by atoms with Crippen molar-refractivity contribution in [2.75, 3.05) is 20.1 Å². The minimum Gasteiger partial charge on any atom is -0.481 e. The lowest BCUT2D eigenvalue weighted by Crippen LogP contribution is -2.38. The molecule has 5 nitrogen and oxygen atoms in total. The van der Waals surface area contributed by atoms with Gasteiger partial charge in [-0.05, 0) is 20.9 Å². The molecule has 2 N–H and O–H groups in total. The third-order valence-corrected chi connectivity index (χ3v) is 1.94. The van der Waals surface area contributed by atoms with E-state index in [0.717, 1.165) is 0 Å². The predicted octanol–water partition coefficient (Wildman–Crippen LogP) is -0.0825. The number of amides is 1. The number of rotatable bonds is 6. The Morgan fingerprint density at radius 3 is 2.43 bits per heavy atom. The Morgan fingerprint density at radius 1 is 1.43 bits per heavy atom. The lowest BCUT2D eigenvalue weighted by Gasteiger charge is -2.19. The van der Waals surface area contributed by atoms with Gasteiger partial charge in [0.1, 0.15) is 0 Å². The number of hydrogen-bond donors (Lipinski definition) is 2. The first-order valence-corrected chi connectivity index (χ1v) is 4.62. The summed E-state index contributed by atoms with van der Waals surface area (Å²) in [5, 5.41) is 10.9. The van der Waals surface area contributed by atoms with Crippen LogP contribution in [0.4, 0.5) is 0 Å². The van der Waals surface area contributed by atoms with Gasteiger partial charge in [0.15, 0.2) is 0 Å². The van der Waals surface area contributed by atoms with Gasteiger partial charge in [0.2, 0.25) is 5.91 Å². The maximum Gasteiger partial charge on any atom is 0.305 e. The Hall–Kier alpha value is -1.10. The number of carboxylic acid groups (broad SMARTS) is 1. The molecule has 0 aromatic carbocycles. The van der Waals surface area contributed by atoms with Crippen LogP contribution in [0.15, 0.2) is 0 Å². The Kier molecular flexibility index (Phi) is 5.87. The SMILES string of the molecule is CC(C)N(C)CC(=O)NCCC(=O)O. The van der Waals surface area contributed by atoms with Crippen molar-refractivity contribution in [2.45, 2.75) is 26.3 Å². The summed E-state index contributed by atoms with van der Waals surface area (Å²) in [6.45, 7) is 4.48. The second kappa shape index (κ2) is 6.37. The molecular formula is C9H18N2O3. The van der Waals surface area contributed by atoms with Crippen LogP contribution in [0.3, 0.4) is 0 Å². The molecule has 0 bridgehead atoms. The molecule has 0 aromatic rings. The molecule has 0 spiro atoms. The van der Waals surface area contributed by atoms with Gasteiger partial charge < -0.3 is 10.4 Å². The summed E-state index contributed by atoms with van der Waals surface area (Å²) in [5.41, 5.74) is 0. The minimum atomic E-state index is -0.900. The monoisotopic (exact) mass is 202 g/mol. The molecule has 0 radical (unpaired) electrons. The van der Waals surface area contributed by atoms with E-state index in [0.29, 0.717) is 12.6 Å². The van der Waals surface area contributed by atoms with Gasteiger partial charge in [-0.1, -0.05) is 0 Å². The molecule has 5 heteroatoms. The van der Waals surface area contributed by atoms with Crippen LogP contribution in [0.2, 0.25) is 0 Å². The second-order valence-electron chi connectivity index (χ2n) is 3.50. The van der Waals surface area contributed by atoms with E-state index < -0.39 is 5.97 Å². The standard InChI is InChI=1S/C9H18N2O3/c1-7(2)11(3)6-8(12)10-5-4-9(13)14/h7H,4-6H2,1-3H3,(H,10,12)(H,13,14). The van der Waals surface area contributed by atoms with Crippen LogP contribution in [0.25, 0.3) is 0 Å². The Bertz CT molecular complexity index is 204. The third-order valence-electron chi connectivity index (χ3n) is 1.94. The molecule has 0 unspecified atom stereocenters. The molecule has 1 amide bonds. The highest BCUT2D eigenvalue weighted by atomic mass is 16.4. The average molecular weight is 202 g/mol. The largest absolute Gasteiger partial charge is 0.481 e. The van der Waals surface area contributed by atoms with E-state index >= 15 is 0 Å². The molecule has 82 valence electrons. The quantitative estimate of drug-likeness (QED) is 0.632. The fourth-order valence-corrected chi connectivity index (χ4v) is 0.774. The number of likely N-dealkylation sites (N-methyl/N-ethyl adjacent to an activating group) is 1. The number of nitrogens with one attached hydrogen (secondary N) is 1. The first-order chi connectivity index (χ1) is 6.43. The number of carbonyl (C=O) groups excluding carboxylic acids is 1. The van der Waals surface area contributed by atoms with Crippen molar-refractivity contribution in [3.8, 4) is 0 Å². The van der Waals surface area contributed by atoms with Crippen LogP contribution in [-0.2, 0) is 9.59 Å². The predicted molar refractivity (Wildman–Crippen MR) is 53.0 cm³/mol. The van der Waals surface area contributed by atoms with Crippen molar-refractivity contribution in [1.82, 2.24) is 10.2 Å². The third kappa shape index (κ3) is 6.42. The summed E-state index contributed by atoms with van der Waals surface area (Å²) in [6, 6.07) is 0.306. The fourth-order valence-electron chi connectivity index (χ4n) is 0.774. The topological polar surface area (TPSA) is 69.6 Å². The van der Waals surface area contributed by atoms with E-state index in [4.69, 9.17) is 5.11 Å². The highest BCUT2D eigenvalue weighted by Crippen LogP contribution is 1.91. The summed E-state index contributed by atoms with van der Waals surface area (Å²) in [7, 11) is 1.85. The van der Waals surface area contributed by atoms with E-state index in [2.05, 4.69) is 5.32 Å². The lowest BCUT2D eigenvalue weighted by atomic mass is 10.3. The number of carbonyl (C=O) groups is 2. The highest BCUT2D eigenvalue weighted by molar-refractivity contribution is 5.78. The van der Waals surface area contributed by atoms with Crippen LogP contribution in [0.5, 0.6) is 0 Å². The van der Waals surface area contributed by atoms with Crippen LogP contribution in [-0.4, -0.2) is 48.1 Å². The molecular weight excluding hydrogens is 184 g/mol. The van der Waals surface area contributed by atoms with Crippen LogP contribution in [0.1, 0.15) is 20.3 Å². The van der Waals surface area contributed by atoms with Crippen LogP contribution < -0.4 is 5.32 Å². The van der Waals surface area contributed by atoms with Gasteiger partial charge in [-0.3, -0.25) is 14.5 Å². The first kappa shape index (κ1) is 12.9.